The molecule has 0 saturated heterocycles. The molecule has 6 nitrogen and oxygen atoms in total. The minimum atomic E-state index is -3.72. The van der Waals surface area contributed by atoms with E-state index in [0.717, 1.165) is 11.4 Å². The summed E-state index contributed by atoms with van der Waals surface area (Å²) in [5.74, 6) is 0.702. The van der Waals surface area contributed by atoms with E-state index < -0.39 is 18.3 Å². The minimum absolute atomic E-state index is 0.0721. The predicted molar refractivity (Wildman–Crippen MR) is 99.5 cm³/mol. The first-order chi connectivity index (χ1) is 11.0. The lowest BCUT2D eigenvalue weighted by Gasteiger charge is -2.04. The number of nitrogens with one attached hydrogen (secondary N) is 1. The van der Waals surface area contributed by atoms with Crippen molar-refractivity contribution in [1.29, 1.82) is 5.26 Å². The molecule has 1 N–H and O–H groups in total. The Morgan fingerprint density at radius 1 is 1.08 bits per heavy atom. The lowest BCUT2D eigenvalue weighted by molar-refractivity contribution is 0.583. The van der Waals surface area contributed by atoms with Crippen LogP contribution in [0.4, 0.5) is 0 Å². The zero-order valence-corrected chi connectivity index (χ0v) is 17.2. The number of nitriles is 1. The SMILES string of the molecule is CCCl.N#Cc1ccc(CNS(=O)(=O)CCCl)cc1.O=S(=O)(Cl)Cl. The fourth-order valence-electron chi connectivity index (χ4n) is 1.06. The summed E-state index contributed by atoms with van der Waals surface area (Å²) < 4.78 is 43.3. The van der Waals surface area contributed by atoms with Crippen molar-refractivity contribution in [3.8, 4) is 6.07 Å². The summed E-state index contributed by atoms with van der Waals surface area (Å²) in [4.78, 5) is 0. The van der Waals surface area contributed by atoms with Gasteiger partial charge in [0, 0.05) is 39.7 Å². The van der Waals surface area contributed by atoms with Crippen LogP contribution in [0.3, 0.4) is 0 Å². The van der Waals surface area contributed by atoms with E-state index in [2.05, 4.69) is 26.1 Å². The summed E-state index contributed by atoms with van der Waals surface area (Å²) in [5.41, 5.74) is 1.35. The van der Waals surface area contributed by atoms with Gasteiger partial charge in [0.15, 0.2) is 0 Å². The Hall–Kier alpha value is -0.270. The van der Waals surface area contributed by atoms with Gasteiger partial charge < -0.3 is 0 Å². The molecular weight excluding hydrogens is 442 g/mol. The van der Waals surface area contributed by atoms with E-state index in [-0.39, 0.29) is 18.2 Å². The number of hydrogen-bond donors (Lipinski definition) is 1. The number of halogens is 4. The summed E-state index contributed by atoms with van der Waals surface area (Å²) >= 11 is 10.4. The van der Waals surface area contributed by atoms with Gasteiger partial charge in [-0.2, -0.15) is 13.7 Å². The zero-order chi connectivity index (χ0) is 19.2. The van der Waals surface area contributed by atoms with Crippen molar-refractivity contribution in [2.24, 2.45) is 0 Å². The summed E-state index contributed by atoms with van der Waals surface area (Å²) in [7, 11) is 1.52. The molecule has 0 amide bonds. The van der Waals surface area contributed by atoms with Gasteiger partial charge in [-0.05, 0) is 17.7 Å². The van der Waals surface area contributed by atoms with Crippen LogP contribution >= 0.6 is 44.6 Å². The van der Waals surface area contributed by atoms with Gasteiger partial charge >= 0.3 is 8.26 Å². The van der Waals surface area contributed by atoms with E-state index >= 15 is 0 Å². The number of nitrogens with zero attached hydrogens (tertiary/aromatic N) is 1. The van der Waals surface area contributed by atoms with E-state index in [4.69, 9.17) is 36.9 Å². The predicted octanol–water partition coefficient (Wildman–Crippen LogP) is 3.17. The van der Waals surface area contributed by atoms with E-state index in [1.807, 2.05) is 13.0 Å². The highest BCUT2D eigenvalue weighted by molar-refractivity contribution is 8.31. The van der Waals surface area contributed by atoms with E-state index in [1.165, 1.54) is 0 Å². The molecule has 1 aromatic rings. The van der Waals surface area contributed by atoms with Crippen LogP contribution in [-0.4, -0.2) is 34.3 Å². The molecule has 0 saturated carbocycles. The number of benzene rings is 1. The molecule has 1 aromatic carbocycles. The molecule has 138 valence electrons. The highest BCUT2D eigenvalue weighted by Crippen LogP contribution is 2.03. The Labute approximate surface area is 161 Å². The third kappa shape index (κ3) is 19.8. The molecule has 0 bridgehead atoms. The first-order valence-corrected chi connectivity index (χ1v) is 12.1. The molecule has 0 fully saturated rings. The summed E-state index contributed by atoms with van der Waals surface area (Å²) in [6.45, 7) is 2.10. The van der Waals surface area contributed by atoms with Crippen LogP contribution in [0.5, 0.6) is 0 Å². The van der Waals surface area contributed by atoms with Gasteiger partial charge in [-0.3, -0.25) is 0 Å². The second-order valence-electron chi connectivity index (χ2n) is 3.78. The Balaban J connectivity index is 0. The molecule has 12 heteroatoms. The Morgan fingerprint density at radius 2 is 1.50 bits per heavy atom. The largest absolute Gasteiger partial charge is 0.317 e. The molecule has 0 heterocycles. The van der Waals surface area contributed by atoms with Gasteiger partial charge in [-0.15, -0.1) is 23.2 Å². The third-order valence-corrected chi connectivity index (χ3v) is 3.66. The maximum atomic E-state index is 11.3. The molecule has 1 rings (SSSR count). The van der Waals surface area contributed by atoms with Crippen LogP contribution in [0, 0.1) is 11.3 Å². The van der Waals surface area contributed by atoms with E-state index in [0.29, 0.717) is 5.56 Å². The highest BCUT2D eigenvalue weighted by atomic mass is 36.0. The minimum Gasteiger partial charge on any atom is -0.212 e. The van der Waals surface area contributed by atoms with Crippen LogP contribution in [0.2, 0.25) is 0 Å². The highest BCUT2D eigenvalue weighted by Gasteiger charge is 2.08. The average Bonchev–Trinajstić information content (AvgIpc) is 2.45. The molecule has 0 aliphatic rings. The second kappa shape index (κ2) is 14.0. The number of alkyl halides is 2. The van der Waals surface area contributed by atoms with Crippen LogP contribution in [0.15, 0.2) is 24.3 Å². The Bertz CT molecular complexity index is 694. The first kappa shape index (κ1) is 26.0. The molecule has 0 aliphatic heterocycles. The van der Waals surface area contributed by atoms with Gasteiger partial charge in [0.1, 0.15) is 0 Å². The van der Waals surface area contributed by atoms with Gasteiger partial charge in [0.2, 0.25) is 10.0 Å². The van der Waals surface area contributed by atoms with Crippen LogP contribution in [0.1, 0.15) is 18.1 Å². The van der Waals surface area contributed by atoms with Crippen molar-refractivity contribution in [2.45, 2.75) is 13.5 Å². The van der Waals surface area contributed by atoms with Crippen molar-refractivity contribution in [2.75, 3.05) is 17.5 Å². The maximum Gasteiger partial charge on any atom is 0.317 e. The molecule has 0 atom stereocenters. The average molecular weight is 458 g/mol. The molecule has 0 aromatic heterocycles. The van der Waals surface area contributed by atoms with Crippen LogP contribution in [0.25, 0.3) is 0 Å². The molecule has 24 heavy (non-hydrogen) atoms. The van der Waals surface area contributed by atoms with Gasteiger partial charge in [-0.1, -0.05) is 19.1 Å². The van der Waals surface area contributed by atoms with Gasteiger partial charge in [0.25, 0.3) is 0 Å². The lowest BCUT2D eigenvalue weighted by Crippen LogP contribution is -2.26. The van der Waals surface area contributed by atoms with Crippen molar-refractivity contribution in [1.82, 2.24) is 4.72 Å². The van der Waals surface area contributed by atoms with E-state index in [9.17, 15) is 8.42 Å². The lowest BCUT2D eigenvalue weighted by atomic mass is 10.1. The normalized spacial score (nSPS) is 10.5. The van der Waals surface area contributed by atoms with Crippen molar-refractivity contribution in [3.05, 3.63) is 35.4 Å². The van der Waals surface area contributed by atoms with Crippen molar-refractivity contribution >= 4 is 62.9 Å². The molecule has 0 unspecified atom stereocenters. The smallest absolute Gasteiger partial charge is 0.212 e. The Morgan fingerprint density at radius 3 is 1.83 bits per heavy atom. The zero-order valence-electron chi connectivity index (χ0n) is 12.5. The fraction of sp³-hybridized carbons (Fsp3) is 0.417. The molecule has 0 radical (unpaired) electrons. The van der Waals surface area contributed by atoms with Crippen molar-refractivity contribution < 1.29 is 16.8 Å². The number of rotatable bonds is 5. The number of sulfonamides is 1. The summed E-state index contributed by atoms with van der Waals surface area (Å²) in [5, 5.41) is 8.58. The fourth-order valence-corrected chi connectivity index (χ4v) is 2.41. The topological polar surface area (TPSA) is 104 Å². The molecule has 0 aliphatic carbocycles. The van der Waals surface area contributed by atoms with Crippen LogP contribution < -0.4 is 4.72 Å². The summed E-state index contributed by atoms with van der Waals surface area (Å²) in [6, 6.07) is 8.70. The molecule has 0 spiro atoms. The third-order valence-electron chi connectivity index (χ3n) is 1.93. The number of hydrogen-bond acceptors (Lipinski definition) is 5. The van der Waals surface area contributed by atoms with Crippen LogP contribution in [-0.2, 0) is 24.8 Å². The quantitative estimate of drug-likeness (QED) is 0.540. The van der Waals surface area contributed by atoms with E-state index in [1.54, 1.807) is 24.3 Å². The van der Waals surface area contributed by atoms with Gasteiger partial charge in [0.05, 0.1) is 17.4 Å². The standard InChI is InChI=1S/C10H11ClN2O2S.C2H5Cl.Cl2O2S/c11-5-6-16(14,15)13-8-10-3-1-9(7-12)2-4-10;1-2-3;1-5(2,3)4/h1-4,13H,5-6,8H2;2H2,1H3;. The monoisotopic (exact) mass is 456 g/mol. The molecular formula is C12H16Cl4N2O4S2. The first-order valence-electron chi connectivity index (χ1n) is 6.21. The second-order valence-corrected chi connectivity index (χ2v) is 10.3. The summed E-state index contributed by atoms with van der Waals surface area (Å²) in [6.07, 6.45) is 0. The maximum absolute atomic E-state index is 11.3. The Kier molecular flexibility index (Phi) is 15.1. The van der Waals surface area contributed by atoms with Crippen molar-refractivity contribution in [3.63, 3.8) is 0 Å². The van der Waals surface area contributed by atoms with Gasteiger partial charge in [-0.25, -0.2) is 13.1 Å².